The van der Waals surface area contributed by atoms with E-state index in [4.69, 9.17) is 0 Å². The van der Waals surface area contributed by atoms with Gasteiger partial charge >= 0.3 is 6.03 Å². The molecule has 2 rings (SSSR count). The van der Waals surface area contributed by atoms with Crippen molar-refractivity contribution in [3.8, 4) is 0 Å². The molecule has 142 valence electrons. The normalized spacial score (nSPS) is 20.4. The Bertz CT molecular complexity index is 512. The summed E-state index contributed by atoms with van der Waals surface area (Å²) in [5.41, 5.74) is -0.813. The van der Waals surface area contributed by atoms with Crippen LogP contribution in [0.1, 0.15) is 46.5 Å². The van der Waals surface area contributed by atoms with Crippen molar-refractivity contribution in [3.05, 3.63) is 0 Å². The molecular weight excluding hydrogens is 320 g/mol. The van der Waals surface area contributed by atoms with Gasteiger partial charge in [-0.15, -0.1) is 0 Å². The van der Waals surface area contributed by atoms with E-state index in [0.717, 1.165) is 37.4 Å². The summed E-state index contributed by atoms with van der Waals surface area (Å²) >= 11 is 0. The van der Waals surface area contributed by atoms with Crippen LogP contribution in [0.2, 0.25) is 0 Å². The van der Waals surface area contributed by atoms with E-state index in [1.165, 1.54) is 0 Å². The maximum Gasteiger partial charge on any atom is 0.325 e. The van der Waals surface area contributed by atoms with Gasteiger partial charge in [-0.25, -0.2) is 4.79 Å². The number of nitrogens with one attached hydrogen (secondary N) is 1. The molecule has 25 heavy (non-hydrogen) atoms. The van der Waals surface area contributed by atoms with Crippen molar-refractivity contribution in [1.82, 2.24) is 20.0 Å². The minimum Gasteiger partial charge on any atom is -0.344 e. The molecule has 2 aliphatic heterocycles. The van der Waals surface area contributed by atoms with Crippen LogP contribution in [0.5, 0.6) is 0 Å². The Morgan fingerprint density at radius 3 is 2.48 bits per heavy atom. The molecular formula is C18H32N4O3. The van der Waals surface area contributed by atoms with Gasteiger partial charge in [0, 0.05) is 33.2 Å². The van der Waals surface area contributed by atoms with Crippen LogP contribution in [0.4, 0.5) is 4.79 Å². The van der Waals surface area contributed by atoms with E-state index in [0.29, 0.717) is 25.3 Å². The average molecular weight is 352 g/mol. The van der Waals surface area contributed by atoms with Gasteiger partial charge < -0.3 is 15.1 Å². The molecule has 0 radical (unpaired) electrons. The van der Waals surface area contributed by atoms with E-state index < -0.39 is 11.6 Å². The van der Waals surface area contributed by atoms with Crippen LogP contribution in [0.25, 0.3) is 0 Å². The lowest BCUT2D eigenvalue weighted by molar-refractivity contribution is -0.139. The lowest BCUT2D eigenvalue weighted by atomic mass is 9.87. The Morgan fingerprint density at radius 2 is 1.92 bits per heavy atom. The molecule has 0 saturated carbocycles. The van der Waals surface area contributed by atoms with Crippen molar-refractivity contribution in [2.45, 2.75) is 52.0 Å². The predicted molar refractivity (Wildman–Crippen MR) is 96.0 cm³/mol. The first-order valence-corrected chi connectivity index (χ1v) is 9.39. The Morgan fingerprint density at radius 1 is 1.28 bits per heavy atom. The molecule has 0 aromatic carbocycles. The van der Waals surface area contributed by atoms with Gasteiger partial charge in [0.2, 0.25) is 5.91 Å². The van der Waals surface area contributed by atoms with E-state index >= 15 is 0 Å². The number of carbonyl (C=O) groups excluding carboxylic acids is 3. The van der Waals surface area contributed by atoms with Gasteiger partial charge in [-0.05, 0) is 25.2 Å². The molecule has 7 nitrogen and oxygen atoms in total. The van der Waals surface area contributed by atoms with Gasteiger partial charge in [0.15, 0.2) is 0 Å². The zero-order chi connectivity index (χ0) is 18.6. The highest BCUT2D eigenvalue weighted by atomic mass is 16.2. The first-order valence-electron chi connectivity index (χ1n) is 9.39. The highest BCUT2D eigenvalue weighted by molar-refractivity contribution is 6.09. The fraction of sp³-hybridized carbons (Fsp3) is 0.833. The molecule has 0 aromatic rings. The highest BCUT2D eigenvalue weighted by Crippen LogP contribution is 2.29. The van der Waals surface area contributed by atoms with Crippen LogP contribution in [0, 0.1) is 5.92 Å². The summed E-state index contributed by atoms with van der Waals surface area (Å²) in [6, 6.07) is -0.431. The lowest BCUT2D eigenvalue weighted by Gasteiger charge is -2.38. The van der Waals surface area contributed by atoms with E-state index in [9.17, 15) is 14.4 Å². The molecule has 0 bridgehead atoms. The number of imide groups is 1. The van der Waals surface area contributed by atoms with Crippen LogP contribution in [-0.4, -0.2) is 77.9 Å². The van der Waals surface area contributed by atoms with Gasteiger partial charge in [0.25, 0.3) is 5.91 Å². The summed E-state index contributed by atoms with van der Waals surface area (Å²) < 4.78 is 0. The Kier molecular flexibility index (Phi) is 6.43. The molecule has 1 N–H and O–H groups in total. The molecule has 0 unspecified atom stereocenters. The molecule has 0 aliphatic carbocycles. The molecule has 7 heteroatoms. The van der Waals surface area contributed by atoms with Crippen molar-refractivity contribution in [2.24, 2.45) is 5.92 Å². The summed E-state index contributed by atoms with van der Waals surface area (Å²) in [7, 11) is 1.72. The number of nitrogens with zero attached hydrogens (tertiary/aromatic N) is 3. The number of carbonyl (C=O) groups is 3. The van der Waals surface area contributed by atoms with Crippen molar-refractivity contribution < 1.29 is 14.4 Å². The zero-order valence-electron chi connectivity index (χ0n) is 16.0. The largest absolute Gasteiger partial charge is 0.344 e. The van der Waals surface area contributed by atoms with Crippen molar-refractivity contribution in [2.75, 3.05) is 39.8 Å². The summed E-state index contributed by atoms with van der Waals surface area (Å²) in [6.07, 6.45) is 3.13. The number of piperidine rings is 1. The number of rotatable bonds is 7. The fourth-order valence-electron chi connectivity index (χ4n) is 3.57. The molecule has 4 amide bonds. The maximum atomic E-state index is 12.8. The number of unbranched alkanes of at least 4 members (excludes halogenated alkanes) is 1. The molecule has 2 fully saturated rings. The second-order valence-corrected chi connectivity index (χ2v) is 7.77. The summed E-state index contributed by atoms with van der Waals surface area (Å²) in [4.78, 5) is 42.5. The topological polar surface area (TPSA) is 73.0 Å². The standard InChI is InChI=1S/C18H32N4O3/c1-5-6-9-20(4)15(23)13-22-16(24)18(19-17(22)25)7-10-21(11-8-18)12-14(2)3/h14H,5-13H2,1-4H3,(H,19,25). The first-order chi connectivity index (χ1) is 11.8. The third-order valence-corrected chi connectivity index (χ3v) is 5.15. The molecule has 0 atom stereocenters. The monoisotopic (exact) mass is 352 g/mol. The van der Waals surface area contributed by atoms with Crippen LogP contribution in [0.3, 0.4) is 0 Å². The van der Waals surface area contributed by atoms with Gasteiger partial charge in [0.1, 0.15) is 12.1 Å². The summed E-state index contributed by atoms with van der Waals surface area (Å²) in [6.45, 7) is 9.49. The van der Waals surface area contributed by atoms with Crippen LogP contribution >= 0.6 is 0 Å². The minimum atomic E-state index is -0.813. The second-order valence-electron chi connectivity index (χ2n) is 7.77. The van der Waals surface area contributed by atoms with E-state index in [1.54, 1.807) is 11.9 Å². The van der Waals surface area contributed by atoms with E-state index in [1.807, 2.05) is 0 Å². The average Bonchev–Trinajstić information content (AvgIpc) is 2.78. The molecule has 0 aromatic heterocycles. The number of hydrogen-bond acceptors (Lipinski definition) is 4. The number of likely N-dealkylation sites (tertiary alicyclic amines) is 1. The van der Waals surface area contributed by atoms with Crippen molar-refractivity contribution in [3.63, 3.8) is 0 Å². The fourth-order valence-corrected chi connectivity index (χ4v) is 3.57. The Balaban J connectivity index is 1.95. The van der Waals surface area contributed by atoms with E-state index in [2.05, 4.69) is 31.0 Å². The van der Waals surface area contributed by atoms with E-state index in [-0.39, 0.29) is 18.4 Å². The molecule has 1 spiro atoms. The number of urea groups is 1. The van der Waals surface area contributed by atoms with Crippen molar-refractivity contribution >= 4 is 17.8 Å². The zero-order valence-corrected chi connectivity index (χ0v) is 16.0. The second kappa shape index (κ2) is 8.17. The predicted octanol–water partition coefficient (Wildman–Crippen LogP) is 1.29. The smallest absolute Gasteiger partial charge is 0.325 e. The third-order valence-electron chi connectivity index (χ3n) is 5.15. The molecule has 2 heterocycles. The van der Waals surface area contributed by atoms with Gasteiger partial charge in [0.05, 0.1) is 0 Å². The Labute approximate surface area is 150 Å². The molecule has 2 saturated heterocycles. The minimum absolute atomic E-state index is 0.164. The van der Waals surface area contributed by atoms with Gasteiger partial charge in [-0.2, -0.15) is 0 Å². The number of hydrogen-bond donors (Lipinski definition) is 1. The van der Waals surface area contributed by atoms with Crippen molar-refractivity contribution in [1.29, 1.82) is 0 Å². The highest BCUT2D eigenvalue weighted by Gasteiger charge is 2.52. The van der Waals surface area contributed by atoms with Crippen LogP contribution < -0.4 is 5.32 Å². The van der Waals surface area contributed by atoms with Crippen LogP contribution in [-0.2, 0) is 9.59 Å². The summed E-state index contributed by atoms with van der Waals surface area (Å²) in [5, 5.41) is 2.87. The maximum absolute atomic E-state index is 12.8. The molecule has 2 aliphatic rings. The number of amides is 4. The van der Waals surface area contributed by atoms with Crippen LogP contribution in [0.15, 0.2) is 0 Å². The lowest BCUT2D eigenvalue weighted by Crippen LogP contribution is -2.55. The third kappa shape index (κ3) is 4.51. The summed E-state index contributed by atoms with van der Waals surface area (Å²) in [5.74, 6) is 0.154. The SMILES string of the molecule is CCCCN(C)C(=O)CN1C(=O)NC2(CCN(CC(C)C)CC2)C1=O. The number of likely N-dealkylation sites (N-methyl/N-ethyl adjacent to an activating group) is 1. The quantitative estimate of drug-likeness (QED) is 0.701. The van der Waals surface area contributed by atoms with Gasteiger partial charge in [-0.3, -0.25) is 14.5 Å². The van der Waals surface area contributed by atoms with Gasteiger partial charge in [-0.1, -0.05) is 27.2 Å². The Hall–Kier alpha value is -1.63. The first kappa shape index (κ1) is 19.7.